The Hall–Kier alpha value is -2.40. The lowest BCUT2D eigenvalue weighted by Crippen LogP contribution is -2.44. The SMILES string of the molecule is O=C(CN1CCCCC1)N[C@H]1CC(=O)N(Cc2cccc3ccccc23)C1. The summed E-state index contributed by atoms with van der Waals surface area (Å²) < 4.78 is 0. The van der Waals surface area contributed by atoms with Gasteiger partial charge in [0.2, 0.25) is 11.8 Å². The molecule has 5 heteroatoms. The molecule has 2 aromatic carbocycles. The number of likely N-dealkylation sites (tertiary alicyclic amines) is 2. The number of piperidine rings is 1. The molecule has 0 aliphatic carbocycles. The Labute approximate surface area is 160 Å². The van der Waals surface area contributed by atoms with Gasteiger partial charge in [-0.1, -0.05) is 48.9 Å². The normalized spacial score (nSPS) is 21.0. The number of nitrogens with zero attached hydrogens (tertiary/aromatic N) is 2. The molecule has 2 heterocycles. The van der Waals surface area contributed by atoms with Crippen LogP contribution in [-0.2, 0) is 16.1 Å². The molecule has 2 fully saturated rings. The van der Waals surface area contributed by atoms with E-state index in [4.69, 9.17) is 0 Å². The van der Waals surface area contributed by atoms with E-state index in [-0.39, 0.29) is 17.9 Å². The average molecular weight is 365 g/mol. The summed E-state index contributed by atoms with van der Waals surface area (Å²) >= 11 is 0. The van der Waals surface area contributed by atoms with Crippen LogP contribution in [-0.4, -0.2) is 53.8 Å². The van der Waals surface area contributed by atoms with Crippen molar-refractivity contribution in [2.45, 2.75) is 38.3 Å². The smallest absolute Gasteiger partial charge is 0.234 e. The largest absolute Gasteiger partial charge is 0.350 e. The van der Waals surface area contributed by atoms with Crippen molar-refractivity contribution >= 4 is 22.6 Å². The van der Waals surface area contributed by atoms with Crippen LogP contribution in [0, 0.1) is 0 Å². The first-order valence-corrected chi connectivity index (χ1v) is 9.95. The van der Waals surface area contributed by atoms with Crippen LogP contribution in [0.15, 0.2) is 42.5 Å². The summed E-state index contributed by atoms with van der Waals surface area (Å²) in [4.78, 5) is 28.9. The van der Waals surface area contributed by atoms with E-state index in [0.29, 0.717) is 26.1 Å². The summed E-state index contributed by atoms with van der Waals surface area (Å²) in [6, 6.07) is 14.4. The van der Waals surface area contributed by atoms with Crippen molar-refractivity contribution < 1.29 is 9.59 Å². The monoisotopic (exact) mass is 365 g/mol. The molecule has 0 radical (unpaired) electrons. The lowest BCUT2D eigenvalue weighted by molar-refractivity contribution is -0.128. The van der Waals surface area contributed by atoms with Gasteiger partial charge in [-0.3, -0.25) is 14.5 Å². The second-order valence-corrected chi connectivity index (χ2v) is 7.72. The molecule has 5 nitrogen and oxygen atoms in total. The Morgan fingerprint density at radius 2 is 1.81 bits per heavy atom. The van der Waals surface area contributed by atoms with E-state index in [0.717, 1.165) is 18.7 Å². The highest BCUT2D eigenvalue weighted by atomic mass is 16.2. The number of fused-ring (bicyclic) bond motifs is 1. The molecule has 2 aliphatic rings. The van der Waals surface area contributed by atoms with Gasteiger partial charge in [0, 0.05) is 19.5 Å². The first kappa shape index (κ1) is 18.0. The predicted molar refractivity (Wildman–Crippen MR) is 106 cm³/mol. The average Bonchev–Trinajstić information content (AvgIpc) is 3.01. The number of carbonyl (C=O) groups excluding carboxylic acids is 2. The maximum absolute atomic E-state index is 12.5. The Balaban J connectivity index is 1.35. The lowest BCUT2D eigenvalue weighted by atomic mass is 10.0. The molecule has 2 aromatic rings. The van der Waals surface area contributed by atoms with E-state index in [1.54, 1.807) is 0 Å². The summed E-state index contributed by atoms with van der Waals surface area (Å²) in [7, 11) is 0. The second-order valence-electron chi connectivity index (χ2n) is 7.72. The summed E-state index contributed by atoms with van der Waals surface area (Å²) in [5.74, 6) is 0.160. The highest BCUT2D eigenvalue weighted by Crippen LogP contribution is 2.22. The third-order valence-electron chi connectivity index (χ3n) is 5.64. The summed E-state index contributed by atoms with van der Waals surface area (Å²) in [6.45, 7) is 3.65. The van der Waals surface area contributed by atoms with E-state index >= 15 is 0 Å². The lowest BCUT2D eigenvalue weighted by Gasteiger charge is -2.26. The van der Waals surface area contributed by atoms with Gasteiger partial charge < -0.3 is 10.2 Å². The minimum Gasteiger partial charge on any atom is -0.350 e. The molecule has 142 valence electrons. The van der Waals surface area contributed by atoms with Crippen LogP contribution in [0.4, 0.5) is 0 Å². The molecular weight excluding hydrogens is 338 g/mol. The Kier molecular flexibility index (Phi) is 5.39. The second kappa shape index (κ2) is 8.09. The fourth-order valence-corrected chi connectivity index (χ4v) is 4.25. The van der Waals surface area contributed by atoms with Gasteiger partial charge in [-0.25, -0.2) is 0 Å². The van der Waals surface area contributed by atoms with Crippen molar-refractivity contribution in [3.8, 4) is 0 Å². The van der Waals surface area contributed by atoms with Crippen LogP contribution in [0.3, 0.4) is 0 Å². The van der Waals surface area contributed by atoms with Gasteiger partial charge >= 0.3 is 0 Å². The van der Waals surface area contributed by atoms with Gasteiger partial charge in [0.25, 0.3) is 0 Å². The van der Waals surface area contributed by atoms with Gasteiger partial charge in [-0.15, -0.1) is 0 Å². The van der Waals surface area contributed by atoms with Crippen LogP contribution < -0.4 is 5.32 Å². The first-order valence-electron chi connectivity index (χ1n) is 9.95. The summed E-state index contributed by atoms with van der Waals surface area (Å²) in [5.41, 5.74) is 1.15. The molecule has 1 atom stereocenters. The van der Waals surface area contributed by atoms with Gasteiger partial charge in [-0.05, 0) is 42.3 Å². The first-order chi connectivity index (χ1) is 13.2. The molecular formula is C22H27N3O2. The van der Waals surface area contributed by atoms with Crippen LogP contribution in [0.1, 0.15) is 31.2 Å². The van der Waals surface area contributed by atoms with Crippen molar-refractivity contribution in [2.75, 3.05) is 26.2 Å². The number of carbonyl (C=O) groups is 2. The maximum Gasteiger partial charge on any atom is 0.234 e. The third kappa shape index (κ3) is 4.30. The van der Waals surface area contributed by atoms with Gasteiger partial charge in [0.05, 0.1) is 12.6 Å². The van der Waals surface area contributed by atoms with Crippen molar-refractivity contribution in [1.82, 2.24) is 15.1 Å². The van der Waals surface area contributed by atoms with Crippen LogP contribution in [0.5, 0.6) is 0 Å². The standard InChI is InChI=1S/C22H27N3O2/c26-21(16-24-11-4-1-5-12-24)23-19-13-22(27)25(15-19)14-18-9-6-8-17-7-2-3-10-20(17)18/h2-3,6-10,19H,1,4-5,11-16H2,(H,23,26)/t19-/m0/s1. The quantitative estimate of drug-likeness (QED) is 0.886. The van der Waals surface area contributed by atoms with Crippen LogP contribution in [0.25, 0.3) is 10.8 Å². The van der Waals surface area contributed by atoms with E-state index < -0.39 is 0 Å². The Bertz CT molecular complexity index is 824. The molecule has 2 amide bonds. The minimum absolute atomic E-state index is 0.0433. The van der Waals surface area contributed by atoms with Crippen molar-refractivity contribution in [1.29, 1.82) is 0 Å². The number of hydrogen-bond donors (Lipinski definition) is 1. The Morgan fingerprint density at radius 1 is 1.04 bits per heavy atom. The van der Waals surface area contributed by atoms with Gasteiger partial charge in [-0.2, -0.15) is 0 Å². The van der Waals surface area contributed by atoms with Crippen molar-refractivity contribution in [2.24, 2.45) is 0 Å². The van der Waals surface area contributed by atoms with Crippen molar-refractivity contribution in [3.63, 3.8) is 0 Å². The molecule has 27 heavy (non-hydrogen) atoms. The van der Waals surface area contributed by atoms with E-state index in [1.807, 2.05) is 23.1 Å². The molecule has 0 bridgehead atoms. The fourth-order valence-electron chi connectivity index (χ4n) is 4.25. The van der Waals surface area contributed by atoms with E-state index in [2.05, 4.69) is 34.5 Å². The van der Waals surface area contributed by atoms with E-state index in [9.17, 15) is 9.59 Å². The maximum atomic E-state index is 12.5. The molecule has 0 aromatic heterocycles. The number of amides is 2. The third-order valence-corrected chi connectivity index (χ3v) is 5.64. The summed E-state index contributed by atoms with van der Waals surface area (Å²) in [5, 5.41) is 5.44. The highest BCUT2D eigenvalue weighted by molar-refractivity contribution is 5.87. The zero-order valence-corrected chi connectivity index (χ0v) is 15.7. The topological polar surface area (TPSA) is 52.7 Å². The molecule has 0 spiro atoms. The Morgan fingerprint density at radius 3 is 2.67 bits per heavy atom. The fraction of sp³-hybridized carbons (Fsp3) is 0.455. The zero-order chi connectivity index (χ0) is 18.6. The molecule has 2 saturated heterocycles. The summed E-state index contributed by atoms with van der Waals surface area (Å²) in [6.07, 6.45) is 4.01. The number of benzene rings is 2. The van der Waals surface area contributed by atoms with Crippen molar-refractivity contribution in [3.05, 3.63) is 48.0 Å². The zero-order valence-electron chi connectivity index (χ0n) is 15.7. The molecule has 0 unspecified atom stereocenters. The minimum atomic E-state index is -0.0789. The molecule has 2 aliphatic heterocycles. The van der Waals surface area contributed by atoms with E-state index in [1.165, 1.54) is 30.0 Å². The number of nitrogens with one attached hydrogen (secondary N) is 1. The van der Waals surface area contributed by atoms with Gasteiger partial charge in [0.15, 0.2) is 0 Å². The molecule has 0 saturated carbocycles. The van der Waals surface area contributed by atoms with Gasteiger partial charge in [0.1, 0.15) is 0 Å². The van der Waals surface area contributed by atoms with Crippen LogP contribution in [0.2, 0.25) is 0 Å². The highest BCUT2D eigenvalue weighted by Gasteiger charge is 2.31. The van der Waals surface area contributed by atoms with Crippen LogP contribution >= 0.6 is 0 Å². The molecule has 1 N–H and O–H groups in total. The predicted octanol–water partition coefficient (Wildman–Crippen LogP) is 2.54. The number of hydrogen-bond acceptors (Lipinski definition) is 3. The number of rotatable bonds is 5. The molecule has 4 rings (SSSR count).